The normalized spacial score (nSPS) is 12.8. The first-order chi connectivity index (χ1) is 21.6. The van der Waals surface area contributed by atoms with Gasteiger partial charge in [0.1, 0.15) is 11.6 Å². The molecule has 0 N–H and O–H groups in total. The fraction of sp³-hybridized carbons (Fsp3) is 0.238. The smallest absolute Gasteiger partial charge is 0.143 e. The van der Waals surface area contributed by atoms with E-state index in [9.17, 15) is 9.59 Å². The molecule has 0 amide bonds. The van der Waals surface area contributed by atoms with Crippen LogP contribution in [0, 0.1) is 5.92 Å². The summed E-state index contributed by atoms with van der Waals surface area (Å²) >= 11 is 0. The first kappa shape index (κ1) is 30.9. The first-order valence-electron chi connectivity index (χ1n) is 15.9. The van der Waals surface area contributed by atoms with Crippen LogP contribution in [0.3, 0.4) is 0 Å². The third-order valence-corrected chi connectivity index (χ3v) is 9.03. The van der Waals surface area contributed by atoms with E-state index in [2.05, 4.69) is 97.1 Å². The number of Topliss-reactive ketones (excluding diaryl/α,β-unsaturated/α-hetero) is 2. The van der Waals surface area contributed by atoms with Crippen LogP contribution in [0.2, 0.25) is 0 Å². The second kappa shape index (κ2) is 15.3. The molecule has 0 radical (unpaired) electrons. The Morgan fingerprint density at radius 2 is 1.00 bits per heavy atom. The lowest BCUT2D eigenvalue weighted by Crippen LogP contribution is -2.32. The number of carbonyl (C=O) groups is 2. The highest BCUT2D eigenvalue weighted by molar-refractivity contribution is 6.03. The molecule has 2 atom stereocenters. The van der Waals surface area contributed by atoms with Gasteiger partial charge < -0.3 is 0 Å². The van der Waals surface area contributed by atoms with Crippen LogP contribution in [0.1, 0.15) is 72.8 Å². The molecular formula is C42H42O2. The van der Waals surface area contributed by atoms with Gasteiger partial charge in [0.05, 0.1) is 5.92 Å². The molecule has 0 aliphatic heterocycles. The summed E-state index contributed by atoms with van der Waals surface area (Å²) in [5, 5.41) is 0. The second-order valence-corrected chi connectivity index (χ2v) is 11.7. The quantitative estimate of drug-likeness (QED) is 0.0915. The van der Waals surface area contributed by atoms with Gasteiger partial charge in [-0.25, -0.2) is 0 Å². The number of rotatable bonds is 15. The fourth-order valence-corrected chi connectivity index (χ4v) is 6.83. The van der Waals surface area contributed by atoms with Crippen molar-refractivity contribution in [3.8, 4) is 0 Å². The molecule has 0 saturated heterocycles. The predicted octanol–water partition coefficient (Wildman–Crippen LogP) is 9.77. The summed E-state index contributed by atoms with van der Waals surface area (Å²) in [4.78, 5) is 27.8. The molecular weight excluding hydrogens is 536 g/mol. The average Bonchev–Trinajstić information content (AvgIpc) is 3.10. The lowest BCUT2D eigenvalue weighted by atomic mass is 9.66. The standard InChI is InChI=1S/C42H42O2/c1-2-39(43)41(38(34-21-10-4-11-22-34)31-30-33-19-8-3-9-20-33)40(44)29-18-32-42(35-23-12-5-13-24-35,36-25-14-6-15-26-36)37-27-16-7-17-28-37/h3-17,19-28,38,41H,2,18,29-32H2,1H3. The Hall–Kier alpha value is -4.56. The van der Waals surface area contributed by atoms with Gasteiger partial charge in [-0.1, -0.05) is 159 Å². The fourth-order valence-electron chi connectivity index (χ4n) is 6.83. The minimum Gasteiger partial charge on any atom is -0.299 e. The van der Waals surface area contributed by atoms with Crippen molar-refractivity contribution in [2.24, 2.45) is 5.92 Å². The first-order valence-corrected chi connectivity index (χ1v) is 15.9. The van der Waals surface area contributed by atoms with Crippen LogP contribution in [0.4, 0.5) is 0 Å². The highest BCUT2D eigenvalue weighted by Gasteiger charge is 2.38. The van der Waals surface area contributed by atoms with E-state index in [1.54, 1.807) is 0 Å². The molecule has 0 bridgehead atoms. The molecule has 0 saturated carbocycles. The third kappa shape index (κ3) is 7.14. The number of hydrogen-bond acceptors (Lipinski definition) is 2. The Morgan fingerprint density at radius 3 is 1.45 bits per heavy atom. The van der Waals surface area contributed by atoms with Gasteiger partial charge in [0.25, 0.3) is 0 Å². The minimum atomic E-state index is -0.648. The Bertz CT molecular complexity index is 1480. The van der Waals surface area contributed by atoms with Crippen LogP contribution in [0.15, 0.2) is 152 Å². The maximum atomic E-state index is 14.2. The Morgan fingerprint density at radius 1 is 0.568 bits per heavy atom. The van der Waals surface area contributed by atoms with Crippen molar-refractivity contribution < 1.29 is 9.59 Å². The van der Waals surface area contributed by atoms with E-state index in [1.165, 1.54) is 22.3 Å². The molecule has 0 aliphatic rings. The predicted molar refractivity (Wildman–Crippen MR) is 181 cm³/mol. The van der Waals surface area contributed by atoms with Gasteiger partial charge in [-0.15, -0.1) is 0 Å². The molecule has 0 aromatic heterocycles. The summed E-state index contributed by atoms with van der Waals surface area (Å²) in [5.74, 6) is -0.705. The Kier molecular flexibility index (Phi) is 10.7. The zero-order valence-electron chi connectivity index (χ0n) is 25.6. The number of ketones is 2. The van der Waals surface area contributed by atoms with Crippen molar-refractivity contribution in [2.45, 2.75) is 56.8 Å². The zero-order valence-corrected chi connectivity index (χ0v) is 25.6. The average molecular weight is 579 g/mol. The monoisotopic (exact) mass is 578 g/mol. The molecule has 2 nitrogen and oxygen atoms in total. The summed E-state index contributed by atoms with van der Waals surface area (Å²) in [5.41, 5.74) is 5.49. The maximum Gasteiger partial charge on any atom is 0.143 e. The van der Waals surface area contributed by atoms with E-state index in [0.717, 1.165) is 24.8 Å². The highest BCUT2D eigenvalue weighted by Crippen LogP contribution is 2.44. The van der Waals surface area contributed by atoms with Crippen molar-refractivity contribution in [1.29, 1.82) is 0 Å². The van der Waals surface area contributed by atoms with Crippen LogP contribution < -0.4 is 0 Å². The molecule has 5 rings (SSSR count). The van der Waals surface area contributed by atoms with Crippen molar-refractivity contribution in [1.82, 2.24) is 0 Å². The van der Waals surface area contributed by atoms with E-state index in [1.807, 2.05) is 61.5 Å². The number of aryl methyl sites for hydroxylation is 1. The molecule has 2 heteroatoms. The van der Waals surface area contributed by atoms with Crippen molar-refractivity contribution in [2.75, 3.05) is 0 Å². The van der Waals surface area contributed by atoms with Crippen molar-refractivity contribution >= 4 is 11.6 Å². The van der Waals surface area contributed by atoms with Gasteiger partial charge in [0.2, 0.25) is 0 Å². The molecule has 2 unspecified atom stereocenters. The molecule has 0 fully saturated rings. The van der Waals surface area contributed by atoms with E-state index in [4.69, 9.17) is 0 Å². The lowest BCUT2D eigenvalue weighted by Gasteiger charge is -2.36. The van der Waals surface area contributed by atoms with Gasteiger partial charge in [-0.05, 0) is 53.5 Å². The molecule has 5 aromatic carbocycles. The van der Waals surface area contributed by atoms with Crippen LogP contribution in [0.25, 0.3) is 0 Å². The molecule has 0 heterocycles. The maximum absolute atomic E-state index is 14.2. The summed E-state index contributed by atoms with van der Waals surface area (Å²) in [6.07, 6.45) is 3.71. The van der Waals surface area contributed by atoms with E-state index in [0.29, 0.717) is 19.3 Å². The SMILES string of the molecule is CCC(=O)C(C(=O)CCCC(c1ccccc1)(c1ccccc1)c1ccccc1)C(CCc1ccccc1)c1ccccc1. The minimum absolute atomic E-state index is 0.0392. The van der Waals surface area contributed by atoms with Crippen LogP contribution in [-0.4, -0.2) is 11.6 Å². The Labute approximate surface area is 262 Å². The van der Waals surface area contributed by atoms with Gasteiger partial charge in [-0.2, -0.15) is 0 Å². The van der Waals surface area contributed by atoms with E-state index >= 15 is 0 Å². The van der Waals surface area contributed by atoms with Crippen molar-refractivity contribution in [3.05, 3.63) is 179 Å². The lowest BCUT2D eigenvalue weighted by molar-refractivity contribution is -0.133. The topological polar surface area (TPSA) is 34.1 Å². The number of hydrogen-bond donors (Lipinski definition) is 0. The van der Waals surface area contributed by atoms with E-state index in [-0.39, 0.29) is 17.5 Å². The van der Waals surface area contributed by atoms with Gasteiger partial charge in [-0.3, -0.25) is 9.59 Å². The van der Waals surface area contributed by atoms with Crippen LogP contribution in [0.5, 0.6) is 0 Å². The molecule has 0 spiro atoms. The van der Waals surface area contributed by atoms with Crippen LogP contribution in [-0.2, 0) is 21.4 Å². The molecule has 44 heavy (non-hydrogen) atoms. The number of carbonyl (C=O) groups excluding carboxylic acids is 2. The largest absolute Gasteiger partial charge is 0.299 e. The third-order valence-electron chi connectivity index (χ3n) is 9.03. The number of benzene rings is 5. The van der Waals surface area contributed by atoms with Gasteiger partial charge in [0.15, 0.2) is 0 Å². The molecule has 0 aliphatic carbocycles. The second-order valence-electron chi connectivity index (χ2n) is 11.7. The summed E-state index contributed by atoms with van der Waals surface area (Å²) in [6.45, 7) is 1.88. The summed E-state index contributed by atoms with van der Waals surface area (Å²) < 4.78 is 0. The van der Waals surface area contributed by atoms with Gasteiger partial charge >= 0.3 is 0 Å². The van der Waals surface area contributed by atoms with E-state index < -0.39 is 11.3 Å². The summed E-state index contributed by atoms with van der Waals surface area (Å²) in [7, 11) is 0. The van der Waals surface area contributed by atoms with Gasteiger partial charge in [0, 0.05) is 24.2 Å². The molecule has 222 valence electrons. The zero-order chi connectivity index (χ0) is 30.6. The van der Waals surface area contributed by atoms with Crippen molar-refractivity contribution in [3.63, 3.8) is 0 Å². The van der Waals surface area contributed by atoms with Crippen LogP contribution >= 0.6 is 0 Å². The molecule has 5 aromatic rings. The Balaban J connectivity index is 1.45. The summed E-state index contributed by atoms with van der Waals surface area (Å²) in [6, 6.07) is 52.4. The highest BCUT2D eigenvalue weighted by atomic mass is 16.1.